The summed E-state index contributed by atoms with van der Waals surface area (Å²) in [7, 11) is 0. The van der Waals surface area contributed by atoms with E-state index >= 15 is 0 Å². The second kappa shape index (κ2) is 6.28. The van der Waals surface area contributed by atoms with Gasteiger partial charge in [0.05, 0.1) is 0 Å². The summed E-state index contributed by atoms with van der Waals surface area (Å²) in [4.78, 5) is 0. The quantitative estimate of drug-likeness (QED) is 0.519. The molecule has 0 aromatic heterocycles. The first-order chi connectivity index (χ1) is 5.67. The van der Waals surface area contributed by atoms with Gasteiger partial charge in [-0.15, -0.1) is 6.58 Å². The van der Waals surface area contributed by atoms with Crippen LogP contribution in [-0.2, 0) is 0 Å². The van der Waals surface area contributed by atoms with Gasteiger partial charge in [-0.2, -0.15) is 0 Å². The highest BCUT2D eigenvalue weighted by molar-refractivity contribution is 4.82. The highest BCUT2D eigenvalue weighted by Crippen LogP contribution is 2.27. The first kappa shape index (κ1) is 11.7. The maximum Gasteiger partial charge on any atom is -0.0236 e. The molecule has 0 aliphatic carbocycles. The molecule has 0 bridgehead atoms. The normalized spacial score (nSPS) is 18.3. The van der Waals surface area contributed by atoms with Crippen molar-refractivity contribution in [3.8, 4) is 0 Å². The van der Waals surface area contributed by atoms with E-state index in [2.05, 4.69) is 40.3 Å². The fourth-order valence-corrected chi connectivity index (χ4v) is 1.85. The largest absolute Gasteiger partial charge is 0.103 e. The standard InChI is InChI=1S/C12H24/c1-6-9-12(8-3)11(5)10(4)7-2/h7,10-12H,2,6,8-9H2,1,3-5H3. The van der Waals surface area contributed by atoms with Crippen LogP contribution in [-0.4, -0.2) is 0 Å². The van der Waals surface area contributed by atoms with E-state index in [1.807, 2.05) is 0 Å². The van der Waals surface area contributed by atoms with Gasteiger partial charge in [-0.25, -0.2) is 0 Å². The van der Waals surface area contributed by atoms with E-state index in [-0.39, 0.29) is 0 Å². The van der Waals surface area contributed by atoms with Crippen LogP contribution in [0.1, 0.15) is 47.0 Å². The van der Waals surface area contributed by atoms with Crippen molar-refractivity contribution >= 4 is 0 Å². The van der Waals surface area contributed by atoms with Crippen molar-refractivity contribution in [2.24, 2.45) is 17.8 Å². The average Bonchev–Trinajstić information content (AvgIpc) is 2.11. The number of rotatable bonds is 6. The molecule has 3 unspecified atom stereocenters. The second-order valence-corrected chi connectivity index (χ2v) is 3.91. The summed E-state index contributed by atoms with van der Waals surface area (Å²) >= 11 is 0. The van der Waals surface area contributed by atoms with Crippen LogP contribution in [0.2, 0.25) is 0 Å². The Morgan fingerprint density at radius 3 is 2.17 bits per heavy atom. The molecule has 0 radical (unpaired) electrons. The fraction of sp³-hybridized carbons (Fsp3) is 0.833. The molecule has 0 aromatic carbocycles. The molecule has 0 rings (SSSR count). The predicted octanol–water partition coefficient (Wildman–Crippen LogP) is 4.27. The number of allylic oxidation sites excluding steroid dienone is 1. The molecule has 72 valence electrons. The summed E-state index contributed by atoms with van der Waals surface area (Å²) in [6.45, 7) is 13.1. The molecule has 0 fully saturated rings. The van der Waals surface area contributed by atoms with E-state index in [9.17, 15) is 0 Å². The molecular weight excluding hydrogens is 144 g/mol. The molecule has 0 aliphatic rings. The lowest BCUT2D eigenvalue weighted by atomic mass is 9.80. The number of hydrogen-bond acceptors (Lipinski definition) is 0. The highest BCUT2D eigenvalue weighted by Gasteiger charge is 2.18. The van der Waals surface area contributed by atoms with Gasteiger partial charge < -0.3 is 0 Å². The smallest absolute Gasteiger partial charge is 0.0236 e. The lowest BCUT2D eigenvalue weighted by Crippen LogP contribution is -2.16. The molecular formula is C12H24. The topological polar surface area (TPSA) is 0 Å². The summed E-state index contributed by atoms with van der Waals surface area (Å²) < 4.78 is 0. The molecule has 0 N–H and O–H groups in total. The minimum absolute atomic E-state index is 0.668. The Balaban J connectivity index is 4.00. The molecule has 0 aliphatic heterocycles. The van der Waals surface area contributed by atoms with Gasteiger partial charge >= 0.3 is 0 Å². The molecule has 3 atom stereocenters. The van der Waals surface area contributed by atoms with Crippen LogP contribution in [0.4, 0.5) is 0 Å². The van der Waals surface area contributed by atoms with Crippen molar-refractivity contribution in [2.75, 3.05) is 0 Å². The minimum atomic E-state index is 0.668. The van der Waals surface area contributed by atoms with Crippen molar-refractivity contribution in [1.82, 2.24) is 0 Å². The van der Waals surface area contributed by atoms with Gasteiger partial charge in [-0.1, -0.05) is 53.0 Å². The molecule has 0 saturated heterocycles. The average molecular weight is 168 g/mol. The van der Waals surface area contributed by atoms with Crippen LogP contribution >= 0.6 is 0 Å². The molecule has 0 heteroatoms. The summed E-state index contributed by atoms with van der Waals surface area (Å²) in [5, 5.41) is 0. The molecule has 0 saturated carbocycles. The first-order valence-electron chi connectivity index (χ1n) is 5.29. The molecule has 12 heavy (non-hydrogen) atoms. The third kappa shape index (κ3) is 3.42. The van der Waals surface area contributed by atoms with E-state index in [0.717, 1.165) is 11.8 Å². The summed E-state index contributed by atoms with van der Waals surface area (Å²) in [5.74, 6) is 2.36. The Kier molecular flexibility index (Phi) is 6.14. The van der Waals surface area contributed by atoms with Crippen molar-refractivity contribution in [1.29, 1.82) is 0 Å². The summed E-state index contributed by atoms with van der Waals surface area (Å²) in [6, 6.07) is 0. The maximum atomic E-state index is 3.86. The Labute approximate surface area is 78.1 Å². The van der Waals surface area contributed by atoms with Crippen molar-refractivity contribution < 1.29 is 0 Å². The van der Waals surface area contributed by atoms with Crippen LogP contribution in [0.5, 0.6) is 0 Å². The summed E-state index contributed by atoms with van der Waals surface area (Å²) in [6.07, 6.45) is 6.08. The molecule has 0 spiro atoms. The van der Waals surface area contributed by atoms with E-state index in [4.69, 9.17) is 0 Å². The second-order valence-electron chi connectivity index (χ2n) is 3.91. The van der Waals surface area contributed by atoms with Crippen LogP contribution in [0, 0.1) is 17.8 Å². The Hall–Kier alpha value is -0.260. The zero-order valence-electron chi connectivity index (χ0n) is 9.14. The lowest BCUT2D eigenvalue weighted by Gasteiger charge is -2.25. The molecule has 0 heterocycles. The Morgan fingerprint density at radius 1 is 1.25 bits per heavy atom. The van der Waals surface area contributed by atoms with E-state index in [1.165, 1.54) is 19.3 Å². The van der Waals surface area contributed by atoms with Crippen molar-refractivity contribution in [3.63, 3.8) is 0 Å². The van der Waals surface area contributed by atoms with Gasteiger partial charge in [0.15, 0.2) is 0 Å². The molecule has 0 nitrogen and oxygen atoms in total. The Bertz CT molecular complexity index is 115. The monoisotopic (exact) mass is 168 g/mol. The van der Waals surface area contributed by atoms with Gasteiger partial charge in [-0.05, 0) is 17.8 Å². The number of hydrogen-bond donors (Lipinski definition) is 0. The SMILES string of the molecule is C=CC(C)C(C)C(CC)CCC. The van der Waals surface area contributed by atoms with Crippen LogP contribution in [0.3, 0.4) is 0 Å². The predicted molar refractivity (Wildman–Crippen MR) is 57.2 cm³/mol. The summed E-state index contributed by atoms with van der Waals surface area (Å²) in [5.41, 5.74) is 0. The zero-order valence-corrected chi connectivity index (χ0v) is 9.14. The van der Waals surface area contributed by atoms with Crippen LogP contribution in [0.15, 0.2) is 12.7 Å². The van der Waals surface area contributed by atoms with Gasteiger partial charge in [0.1, 0.15) is 0 Å². The fourth-order valence-electron chi connectivity index (χ4n) is 1.85. The van der Waals surface area contributed by atoms with Gasteiger partial charge in [0.2, 0.25) is 0 Å². The minimum Gasteiger partial charge on any atom is -0.103 e. The van der Waals surface area contributed by atoms with Crippen LogP contribution < -0.4 is 0 Å². The third-order valence-corrected chi connectivity index (χ3v) is 3.13. The van der Waals surface area contributed by atoms with Crippen molar-refractivity contribution in [3.05, 3.63) is 12.7 Å². The molecule has 0 aromatic rings. The van der Waals surface area contributed by atoms with E-state index in [1.54, 1.807) is 0 Å². The first-order valence-corrected chi connectivity index (χ1v) is 5.29. The maximum absolute atomic E-state index is 3.86. The van der Waals surface area contributed by atoms with Crippen LogP contribution in [0.25, 0.3) is 0 Å². The van der Waals surface area contributed by atoms with Crippen molar-refractivity contribution in [2.45, 2.75) is 47.0 Å². The van der Waals surface area contributed by atoms with E-state index in [0.29, 0.717) is 5.92 Å². The van der Waals surface area contributed by atoms with Gasteiger partial charge in [0.25, 0.3) is 0 Å². The lowest BCUT2D eigenvalue weighted by molar-refractivity contribution is 0.272. The Morgan fingerprint density at radius 2 is 1.83 bits per heavy atom. The highest BCUT2D eigenvalue weighted by atomic mass is 14.2. The van der Waals surface area contributed by atoms with E-state index < -0.39 is 0 Å². The molecule has 0 amide bonds. The zero-order chi connectivity index (χ0) is 9.56. The van der Waals surface area contributed by atoms with Gasteiger partial charge in [-0.3, -0.25) is 0 Å². The van der Waals surface area contributed by atoms with Gasteiger partial charge in [0, 0.05) is 0 Å². The third-order valence-electron chi connectivity index (χ3n) is 3.13.